The predicted octanol–water partition coefficient (Wildman–Crippen LogP) is 3.18. The number of carbonyl (C=O) groups is 1. The second kappa shape index (κ2) is 11.1. The van der Waals surface area contributed by atoms with Crippen LogP contribution in [0.2, 0.25) is 0 Å². The summed E-state index contributed by atoms with van der Waals surface area (Å²) in [5, 5.41) is 12.5. The van der Waals surface area contributed by atoms with Crippen LogP contribution in [-0.2, 0) is 27.8 Å². The van der Waals surface area contributed by atoms with Crippen LogP contribution in [0.25, 0.3) is 0 Å². The van der Waals surface area contributed by atoms with Crippen LogP contribution >= 0.6 is 23.1 Å². The fraction of sp³-hybridized carbons (Fsp3) is 0.667. The number of thioether (sulfide) groups is 1. The summed E-state index contributed by atoms with van der Waals surface area (Å²) in [5.41, 5.74) is 0. The topological polar surface area (TPSA) is 97.2 Å². The zero-order chi connectivity index (χ0) is 23.3. The number of nitrogens with zero attached hydrogens (tertiary/aromatic N) is 4. The highest BCUT2D eigenvalue weighted by molar-refractivity contribution is 7.98. The van der Waals surface area contributed by atoms with Gasteiger partial charge in [0.1, 0.15) is 10.0 Å². The van der Waals surface area contributed by atoms with E-state index in [9.17, 15) is 13.2 Å². The molecular weight excluding hydrogens is 466 g/mol. The van der Waals surface area contributed by atoms with Gasteiger partial charge in [-0.25, -0.2) is 8.42 Å². The van der Waals surface area contributed by atoms with E-state index in [-0.39, 0.29) is 18.4 Å². The molecule has 178 valence electrons. The smallest absolute Gasteiger partial charge is 0.252 e. The van der Waals surface area contributed by atoms with E-state index >= 15 is 0 Å². The maximum Gasteiger partial charge on any atom is 0.252 e. The number of aromatic nitrogens is 3. The lowest BCUT2D eigenvalue weighted by molar-refractivity contribution is -0.126. The minimum atomic E-state index is -3.53. The minimum Gasteiger partial charge on any atom is -0.356 e. The van der Waals surface area contributed by atoms with Gasteiger partial charge in [-0.2, -0.15) is 4.31 Å². The zero-order valence-electron chi connectivity index (χ0n) is 19.2. The Kier molecular flexibility index (Phi) is 8.76. The van der Waals surface area contributed by atoms with Gasteiger partial charge < -0.3 is 9.88 Å². The van der Waals surface area contributed by atoms with Gasteiger partial charge in [-0.15, -0.1) is 21.5 Å². The van der Waals surface area contributed by atoms with Gasteiger partial charge in [0.15, 0.2) is 5.16 Å². The van der Waals surface area contributed by atoms with Gasteiger partial charge in [0, 0.05) is 37.5 Å². The fourth-order valence-electron chi connectivity index (χ4n) is 3.86. The zero-order valence-corrected chi connectivity index (χ0v) is 21.7. The fourth-order valence-corrected chi connectivity index (χ4v) is 7.34. The maximum atomic E-state index is 12.9. The Bertz CT molecular complexity index is 1020. The van der Waals surface area contributed by atoms with E-state index in [4.69, 9.17) is 0 Å². The van der Waals surface area contributed by atoms with Gasteiger partial charge in [-0.3, -0.25) is 4.79 Å². The van der Waals surface area contributed by atoms with Crippen molar-refractivity contribution in [2.24, 2.45) is 11.8 Å². The molecule has 0 aliphatic carbocycles. The van der Waals surface area contributed by atoms with E-state index in [1.807, 2.05) is 19.2 Å². The number of carbonyl (C=O) groups excluding carboxylic acids is 1. The van der Waals surface area contributed by atoms with Crippen molar-refractivity contribution < 1.29 is 13.2 Å². The molecule has 0 bridgehead atoms. The summed E-state index contributed by atoms with van der Waals surface area (Å²) in [4.78, 5) is 13.7. The number of nitrogens with one attached hydrogen (secondary N) is 1. The van der Waals surface area contributed by atoms with E-state index in [1.54, 1.807) is 17.8 Å². The highest BCUT2D eigenvalue weighted by Crippen LogP contribution is 2.28. The number of amides is 1. The lowest BCUT2D eigenvalue weighted by Gasteiger charge is -2.30. The molecule has 2 aromatic heterocycles. The lowest BCUT2D eigenvalue weighted by atomic mass is 9.99. The Hall–Kier alpha value is -1.43. The molecule has 1 fully saturated rings. The number of hydrogen-bond acceptors (Lipinski definition) is 7. The molecule has 1 amide bonds. The Balaban J connectivity index is 1.51. The van der Waals surface area contributed by atoms with Crippen LogP contribution in [0, 0.1) is 18.8 Å². The van der Waals surface area contributed by atoms with Gasteiger partial charge in [0.2, 0.25) is 5.91 Å². The molecule has 32 heavy (non-hydrogen) atoms. The molecule has 8 nitrogen and oxygen atoms in total. The van der Waals surface area contributed by atoms with Crippen molar-refractivity contribution in [2.75, 3.05) is 25.9 Å². The molecule has 1 aliphatic heterocycles. The molecule has 0 radical (unpaired) electrons. The van der Waals surface area contributed by atoms with Crippen molar-refractivity contribution in [3.63, 3.8) is 0 Å². The average molecular weight is 500 g/mol. The predicted molar refractivity (Wildman–Crippen MR) is 129 cm³/mol. The number of thiophene rings is 1. The Morgan fingerprint density at radius 2 is 2.12 bits per heavy atom. The minimum absolute atomic E-state index is 0.0688. The molecule has 3 heterocycles. The molecule has 3 rings (SSSR count). The molecule has 1 N–H and O–H groups in total. The first-order chi connectivity index (χ1) is 15.2. The van der Waals surface area contributed by atoms with Crippen molar-refractivity contribution in [2.45, 2.75) is 62.4 Å². The van der Waals surface area contributed by atoms with Crippen molar-refractivity contribution in [1.82, 2.24) is 24.4 Å². The van der Waals surface area contributed by atoms with Crippen LogP contribution in [0.5, 0.6) is 0 Å². The molecule has 0 saturated carbocycles. The monoisotopic (exact) mass is 499 g/mol. The van der Waals surface area contributed by atoms with Crippen LogP contribution in [0.1, 0.15) is 43.8 Å². The standard InChI is InChI=1S/C21H33N5O3S3/c1-15(2)13-26-18(23-24-21(26)30-4)8-5-11-22-20(27)17-7-6-12-25(14-17)32(28,29)19-10-9-16(3)31-19/h9-10,15,17H,5-8,11-14H2,1-4H3,(H,22,27). The third kappa shape index (κ3) is 6.12. The first-order valence-corrected chi connectivity index (χ1v) is 14.5. The third-order valence-corrected chi connectivity index (χ3v) is 9.47. The summed E-state index contributed by atoms with van der Waals surface area (Å²) < 4.78 is 29.8. The van der Waals surface area contributed by atoms with Crippen LogP contribution in [0.15, 0.2) is 21.5 Å². The van der Waals surface area contributed by atoms with Crippen molar-refractivity contribution >= 4 is 39.0 Å². The Morgan fingerprint density at radius 3 is 2.78 bits per heavy atom. The quantitative estimate of drug-likeness (QED) is 0.398. The molecule has 1 saturated heterocycles. The molecule has 0 aromatic carbocycles. The summed E-state index contributed by atoms with van der Waals surface area (Å²) in [7, 11) is -3.53. The lowest BCUT2D eigenvalue weighted by Crippen LogP contribution is -2.45. The second-order valence-electron chi connectivity index (χ2n) is 8.57. The van der Waals surface area contributed by atoms with Gasteiger partial charge in [0.05, 0.1) is 5.92 Å². The third-order valence-electron chi connectivity index (χ3n) is 5.46. The van der Waals surface area contributed by atoms with Gasteiger partial charge >= 0.3 is 0 Å². The van der Waals surface area contributed by atoms with Crippen molar-refractivity contribution in [3.05, 3.63) is 22.8 Å². The van der Waals surface area contributed by atoms with Gasteiger partial charge in [-0.1, -0.05) is 25.6 Å². The van der Waals surface area contributed by atoms with E-state index in [2.05, 4.69) is 33.9 Å². The number of hydrogen-bond donors (Lipinski definition) is 1. The summed E-state index contributed by atoms with van der Waals surface area (Å²) in [6.45, 7) is 8.35. The van der Waals surface area contributed by atoms with Gasteiger partial charge in [-0.05, 0) is 50.5 Å². The number of piperidine rings is 1. The van der Waals surface area contributed by atoms with Crippen LogP contribution in [-0.4, -0.2) is 59.3 Å². The second-order valence-corrected chi connectivity index (χ2v) is 12.8. The Labute approximate surface area is 199 Å². The molecule has 2 aromatic rings. The summed E-state index contributed by atoms with van der Waals surface area (Å²) in [6.07, 6.45) is 4.90. The highest BCUT2D eigenvalue weighted by atomic mass is 32.2. The first-order valence-electron chi connectivity index (χ1n) is 11.0. The normalized spacial score (nSPS) is 17.7. The summed E-state index contributed by atoms with van der Waals surface area (Å²) >= 11 is 2.87. The average Bonchev–Trinajstić information content (AvgIpc) is 3.37. The van der Waals surface area contributed by atoms with Crippen LogP contribution in [0.3, 0.4) is 0 Å². The van der Waals surface area contributed by atoms with Crippen LogP contribution < -0.4 is 5.32 Å². The number of rotatable bonds is 10. The van der Waals surface area contributed by atoms with Gasteiger partial charge in [0.25, 0.3) is 10.0 Å². The van der Waals surface area contributed by atoms with E-state index < -0.39 is 10.0 Å². The maximum absolute atomic E-state index is 12.9. The van der Waals surface area contributed by atoms with Crippen LogP contribution in [0.4, 0.5) is 0 Å². The summed E-state index contributed by atoms with van der Waals surface area (Å²) in [5.74, 6) is 1.06. The van der Waals surface area contributed by atoms with Crippen molar-refractivity contribution in [1.29, 1.82) is 0 Å². The van der Waals surface area contributed by atoms with Crippen molar-refractivity contribution in [3.8, 4) is 0 Å². The molecule has 0 spiro atoms. The largest absolute Gasteiger partial charge is 0.356 e. The molecule has 1 atom stereocenters. The molecule has 11 heteroatoms. The number of aryl methyl sites for hydroxylation is 2. The molecule has 1 unspecified atom stereocenters. The highest BCUT2D eigenvalue weighted by Gasteiger charge is 2.33. The first kappa shape index (κ1) is 25.2. The Morgan fingerprint density at radius 1 is 1.34 bits per heavy atom. The van der Waals surface area contributed by atoms with E-state index in [0.717, 1.165) is 35.2 Å². The SMILES string of the molecule is CSc1nnc(CCCNC(=O)C2CCCN(S(=O)(=O)c3ccc(C)s3)C2)n1CC(C)C. The molecule has 1 aliphatic rings. The van der Waals surface area contributed by atoms with E-state index in [1.165, 1.54) is 15.6 Å². The molecular formula is C21H33N5O3S3. The summed E-state index contributed by atoms with van der Waals surface area (Å²) in [6, 6.07) is 3.47. The van der Waals surface area contributed by atoms with E-state index in [0.29, 0.717) is 36.1 Å². The number of sulfonamides is 1.